The van der Waals surface area contributed by atoms with Crippen molar-refractivity contribution in [2.75, 3.05) is 19.5 Å². The molecule has 3 N–H and O–H groups in total. The zero-order chi connectivity index (χ0) is 22.1. The van der Waals surface area contributed by atoms with Crippen LogP contribution in [-0.4, -0.2) is 36.4 Å². The first-order valence-corrected chi connectivity index (χ1v) is 10.2. The Morgan fingerprint density at radius 3 is 2.48 bits per heavy atom. The van der Waals surface area contributed by atoms with Crippen molar-refractivity contribution in [3.05, 3.63) is 52.7 Å². The van der Waals surface area contributed by atoms with Crippen molar-refractivity contribution in [2.45, 2.75) is 39.5 Å². The minimum atomic E-state index is -0.511. The first kappa shape index (κ1) is 20.9. The zero-order valence-corrected chi connectivity index (χ0v) is 18.4. The molecule has 2 atom stereocenters. The van der Waals surface area contributed by atoms with Gasteiger partial charge < -0.3 is 20.1 Å². The predicted molar refractivity (Wildman–Crippen MR) is 119 cm³/mol. The standard InChI is InChI=1S/C23H27N5O3/c1-12-8-16-14(3)24-22(26-18(16)9-13(12)2)28-23-25-17(11-21(29)27-23)15-6-7-19(30-4)20(10-15)31-5/h6-10,17,23,25H,11H2,1-5H3,(H,27,29)(H,24,26,28). The summed E-state index contributed by atoms with van der Waals surface area (Å²) in [7, 11) is 3.19. The van der Waals surface area contributed by atoms with E-state index in [0.717, 1.165) is 22.2 Å². The maximum absolute atomic E-state index is 12.4. The number of aryl methyl sites for hydroxylation is 3. The Bertz CT molecular complexity index is 1150. The largest absolute Gasteiger partial charge is 0.493 e. The van der Waals surface area contributed by atoms with Gasteiger partial charge in [0.25, 0.3) is 0 Å². The van der Waals surface area contributed by atoms with Gasteiger partial charge in [-0.25, -0.2) is 9.97 Å². The van der Waals surface area contributed by atoms with Crippen LogP contribution in [0.5, 0.6) is 11.5 Å². The molecule has 1 saturated heterocycles. The van der Waals surface area contributed by atoms with Gasteiger partial charge in [0, 0.05) is 17.8 Å². The van der Waals surface area contributed by atoms with Crippen molar-refractivity contribution in [1.82, 2.24) is 20.6 Å². The molecule has 0 bridgehead atoms. The number of carbonyl (C=O) groups excluding carboxylic acids is 1. The number of rotatable bonds is 5. The van der Waals surface area contributed by atoms with E-state index in [9.17, 15) is 4.79 Å². The highest BCUT2D eigenvalue weighted by Gasteiger charge is 2.28. The molecule has 8 heteroatoms. The summed E-state index contributed by atoms with van der Waals surface area (Å²) < 4.78 is 10.7. The summed E-state index contributed by atoms with van der Waals surface area (Å²) in [5, 5.41) is 10.5. The summed E-state index contributed by atoms with van der Waals surface area (Å²) in [5.74, 6) is 1.65. The third-order valence-corrected chi connectivity index (χ3v) is 5.65. The number of aromatic nitrogens is 2. The second-order valence-electron chi connectivity index (χ2n) is 7.77. The van der Waals surface area contributed by atoms with Gasteiger partial charge in [-0.15, -0.1) is 0 Å². The molecule has 0 saturated carbocycles. The normalized spacial score (nSPS) is 18.5. The van der Waals surface area contributed by atoms with Crippen molar-refractivity contribution in [3.8, 4) is 11.5 Å². The Morgan fingerprint density at radius 2 is 1.74 bits per heavy atom. The topological polar surface area (TPSA) is 97.4 Å². The Balaban J connectivity index is 1.58. The summed E-state index contributed by atoms with van der Waals surface area (Å²) in [6.07, 6.45) is -0.202. The Labute approximate surface area is 181 Å². The molecule has 1 fully saturated rings. The number of nitrogens with one attached hydrogen (secondary N) is 3. The summed E-state index contributed by atoms with van der Waals surface area (Å²) in [5.41, 5.74) is 5.07. The smallest absolute Gasteiger partial charge is 0.226 e. The monoisotopic (exact) mass is 421 g/mol. The summed E-state index contributed by atoms with van der Waals surface area (Å²) in [4.78, 5) is 21.6. The molecule has 8 nitrogen and oxygen atoms in total. The molecule has 1 aromatic heterocycles. The van der Waals surface area contributed by atoms with Gasteiger partial charge in [-0.1, -0.05) is 6.07 Å². The average Bonchev–Trinajstić information content (AvgIpc) is 2.74. The first-order chi connectivity index (χ1) is 14.9. The third-order valence-electron chi connectivity index (χ3n) is 5.65. The van der Waals surface area contributed by atoms with Gasteiger partial charge in [0.15, 0.2) is 17.8 Å². The number of anilines is 1. The Hall–Kier alpha value is -3.39. The molecule has 1 aliphatic heterocycles. The van der Waals surface area contributed by atoms with Crippen molar-refractivity contribution >= 4 is 22.8 Å². The molecule has 1 aliphatic rings. The molecule has 0 spiro atoms. The van der Waals surface area contributed by atoms with Gasteiger partial charge in [-0.3, -0.25) is 10.1 Å². The highest BCUT2D eigenvalue weighted by molar-refractivity contribution is 5.83. The van der Waals surface area contributed by atoms with Crippen molar-refractivity contribution in [1.29, 1.82) is 0 Å². The van der Waals surface area contributed by atoms with Gasteiger partial charge >= 0.3 is 0 Å². The van der Waals surface area contributed by atoms with Crippen LogP contribution in [0, 0.1) is 20.8 Å². The van der Waals surface area contributed by atoms with Crippen LogP contribution >= 0.6 is 0 Å². The quantitative estimate of drug-likeness (QED) is 0.582. The first-order valence-electron chi connectivity index (χ1n) is 10.2. The Morgan fingerprint density at radius 1 is 1.00 bits per heavy atom. The van der Waals surface area contributed by atoms with Crippen LogP contribution in [0.2, 0.25) is 0 Å². The molecule has 31 heavy (non-hydrogen) atoms. The third kappa shape index (κ3) is 4.25. The van der Waals surface area contributed by atoms with Crippen molar-refractivity contribution in [3.63, 3.8) is 0 Å². The lowest BCUT2D eigenvalue weighted by Crippen LogP contribution is -2.56. The fraction of sp³-hybridized carbons (Fsp3) is 0.348. The van der Waals surface area contributed by atoms with Crippen LogP contribution < -0.4 is 25.4 Å². The number of ether oxygens (including phenoxy) is 2. The fourth-order valence-electron chi connectivity index (χ4n) is 3.80. The molecule has 1 amide bonds. The number of hydrogen-bond acceptors (Lipinski definition) is 7. The maximum Gasteiger partial charge on any atom is 0.226 e. The lowest BCUT2D eigenvalue weighted by Gasteiger charge is -2.32. The van der Waals surface area contributed by atoms with E-state index >= 15 is 0 Å². The lowest BCUT2D eigenvalue weighted by atomic mass is 10.0. The second-order valence-corrected chi connectivity index (χ2v) is 7.77. The minimum Gasteiger partial charge on any atom is -0.493 e. The predicted octanol–water partition coefficient (Wildman–Crippen LogP) is 3.12. The van der Waals surface area contributed by atoms with Crippen LogP contribution in [0.1, 0.15) is 34.8 Å². The van der Waals surface area contributed by atoms with Gasteiger partial charge in [0.1, 0.15) is 0 Å². The molecule has 2 heterocycles. The maximum atomic E-state index is 12.4. The SMILES string of the molecule is COc1ccc(C2CC(=O)NC(Nc3nc(C)c4cc(C)c(C)cc4n3)N2)cc1OC. The van der Waals surface area contributed by atoms with E-state index in [0.29, 0.717) is 23.9 Å². The van der Waals surface area contributed by atoms with E-state index in [1.807, 2.05) is 25.1 Å². The van der Waals surface area contributed by atoms with E-state index in [2.05, 4.69) is 51.9 Å². The van der Waals surface area contributed by atoms with Crippen LogP contribution in [0.4, 0.5) is 5.95 Å². The molecule has 162 valence electrons. The highest BCUT2D eigenvalue weighted by Crippen LogP contribution is 2.32. The number of nitrogens with zero attached hydrogens (tertiary/aromatic N) is 2. The van der Waals surface area contributed by atoms with Crippen LogP contribution in [-0.2, 0) is 4.79 Å². The van der Waals surface area contributed by atoms with Crippen LogP contribution in [0.15, 0.2) is 30.3 Å². The molecule has 0 aliphatic carbocycles. The van der Waals surface area contributed by atoms with Crippen molar-refractivity contribution < 1.29 is 14.3 Å². The molecule has 3 aromatic rings. The molecule has 2 unspecified atom stereocenters. The van der Waals surface area contributed by atoms with Gasteiger partial charge in [-0.05, 0) is 61.7 Å². The van der Waals surface area contributed by atoms with Gasteiger partial charge in [0.2, 0.25) is 11.9 Å². The van der Waals surface area contributed by atoms with E-state index in [1.54, 1.807) is 14.2 Å². The van der Waals surface area contributed by atoms with Crippen LogP contribution in [0.3, 0.4) is 0 Å². The molecule has 0 radical (unpaired) electrons. The molecular weight excluding hydrogens is 394 g/mol. The number of hydrogen-bond donors (Lipinski definition) is 3. The zero-order valence-electron chi connectivity index (χ0n) is 18.4. The number of methoxy groups -OCH3 is 2. The van der Waals surface area contributed by atoms with Crippen LogP contribution in [0.25, 0.3) is 10.9 Å². The van der Waals surface area contributed by atoms with Crippen molar-refractivity contribution in [2.24, 2.45) is 0 Å². The average molecular weight is 422 g/mol. The molecule has 2 aromatic carbocycles. The van der Waals surface area contributed by atoms with E-state index in [4.69, 9.17) is 9.47 Å². The summed E-state index contributed by atoms with van der Waals surface area (Å²) >= 11 is 0. The van der Waals surface area contributed by atoms with E-state index < -0.39 is 6.29 Å². The number of amides is 1. The highest BCUT2D eigenvalue weighted by atomic mass is 16.5. The molecular formula is C23H27N5O3. The fourth-order valence-corrected chi connectivity index (χ4v) is 3.80. The molecule has 4 rings (SSSR count). The second kappa shape index (κ2) is 8.39. The summed E-state index contributed by atoms with van der Waals surface area (Å²) in [6.45, 7) is 6.11. The lowest BCUT2D eigenvalue weighted by molar-refractivity contribution is -0.124. The van der Waals surface area contributed by atoms with E-state index in [-0.39, 0.29) is 11.9 Å². The van der Waals surface area contributed by atoms with Gasteiger partial charge in [-0.2, -0.15) is 0 Å². The van der Waals surface area contributed by atoms with E-state index in [1.165, 1.54) is 11.1 Å². The number of fused-ring (bicyclic) bond motifs is 1. The number of carbonyl (C=O) groups is 1. The minimum absolute atomic E-state index is 0.0694. The Kier molecular flexibility index (Phi) is 5.65. The van der Waals surface area contributed by atoms with Gasteiger partial charge in [0.05, 0.1) is 25.4 Å². The summed E-state index contributed by atoms with van der Waals surface area (Å²) in [6, 6.07) is 9.62. The number of benzene rings is 2.